The fraction of sp³-hybridized carbons (Fsp3) is 0.150. The van der Waals surface area contributed by atoms with Crippen molar-refractivity contribution in [2.24, 2.45) is 0 Å². The first kappa shape index (κ1) is 19.9. The van der Waals surface area contributed by atoms with Gasteiger partial charge >= 0.3 is 0 Å². The van der Waals surface area contributed by atoms with E-state index in [9.17, 15) is 9.59 Å². The van der Waals surface area contributed by atoms with Crippen molar-refractivity contribution in [3.05, 3.63) is 64.6 Å². The van der Waals surface area contributed by atoms with Gasteiger partial charge in [-0.15, -0.1) is 0 Å². The molecule has 2 aromatic carbocycles. The Labute approximate surface area is 172 Å². The molecule has 0 saturated carbocycles. The highest BCUT2D eigenvalue weighted by atomic mass is 32.2. The van der Waals surface area contributed by atoms with E-state index >= 15 is 0 Å². The highest BCUT2D eigenvalue weighted by Crippen LogP contribution is 2.31. The average molecular weight is 415 g/mol. The molecule has 0 bridgehead atoms. The maximum Gasteiger partial charge on any atom is 0.285 e. The van der Waals surface area contributed by atoms with Crippen molar-refractivity contribution in [1.29, 1.82) is 0 Å². The van der Waals surface area contributed by atoms with E-state index in [2.05, 4.69) is 5.43 Å². The van der Waals surface area contributed by atoms with Gasteiger partial charge in [0.15, 0.2) is 4.32 Å². The van der Waals surface area contributed by atoms with Crippen LogP contribution in [0.4, 0.5) is 0 Å². The predicted octanol–water partition coefficient (Wildman–Crippen LogP) is 3.64. The first-order valence-corrected chi connectivity index (χ1v) is 9.70. The quantitative estimate of drug-likeness (QED) is 0.575. The number of methoxy groups -OCH3 is 1. The van der Waals surface area contributed by atoms with Crippen LogP contribution in [-0.4, -0.2) is 34.9 Å². The first-order chi connectivity index (χ1) is 13.5. The lowest BCUT2D eigenvalue weighted by molar-refractivity contribution is -0.123. The third-order valence-corrected chi connectivity index (χ3v) is 5.15. The molecule has 2 amide bonds. The molecule has 6 nitrogen and oxygen atoms in total. The Bertz CT molecular complexity index is 924. The number of carbonyl (C=O) groups is 2. The van der Waals surface area contributed by atoms with E-state index in [0.717, 1.165) is 28.1 Å². The molecule has 1 aliphatic rings. The van der Waals surface area contributed by atoms with Crippen LogP contribution in [0.3, 0.4) is 0 Å². The molecular weight excluding hydrogens is 396 g/mol. The van der Waals surface area contributed by atoms with E-state index in [4.69, 9.17) is 21.7 Å². The fourth-order valence-corrected chi connectivity index (χ4v) is 3.63. The third-order valence-electron chi connectivity index (χ3n) is 3.85. The normalized spacial score (nSPS) is 15.1. The van der Waals surface area contributed by atoms with Crippen molar-refractivity contribution >= 4 is 46.2 Å². The number of carbonyl (C=O) groups excluding carboxylic acids is 2. The molecule has 0 aliphatic carbocycles. The number of thioether (sulfide) groups is 1. The molecule has 0 radical (unpaired) electrons. The Balaban J connectivity index is 1.71. The van der Waals surface area contributed by atoms with Crippen molar-refractivity contribution in [2.45, 2.75) is 6.92 Å². The molecule has 1 N–H and O–H groups in total. The summed E-state index contributed by atoms with van der Waals surface area (Å²) in [4.78, 5) is 25.5. The lowest BCUT2D eigenvalue weighted by Crippen LogP contribution is -2.44. The number of thiocarbonyl (C=S) groups is 1. The van der Waals surface area contributed by atoms with Gasteiger partial charge < -0.3 is 9.47 Å². The number of ether oxygens (including phenoxy) is 2. The topological polar surface area (TPSA) is 67.9 Å². The zero-order valence-corrected chi connectivity index (χ0v) is 16.9. The molecule has 8 heteroatoms. The van der Waals surface area contributed by atoms with Crippen LogP contribution in [0.25, 0.3) is 6.08 Å². The van der Waals surface area contributed by atoms with E-state index in [-0.39, 0.29) is 10.2 Å². The van der Waals surface area contributed by atoms with Crippen LogP contribution in [-0.2, 0) is 4.79 Å². The minimum atomic E-state index is -0.429. The summed E-state index contributed by atoms with van der Waals surface area (Å²) < 4.78 is 10.7. The van der Waals surface area contributed by atoms with Crippen LogP contribution in [0.2, 0.25) is 0 Å². The van der Waals surface area contributed by atoms with Crippen molar-refractivity contribution in [2.75, 3.05) is 13.7 Å². The summed E-state index contributed by atoms with van der Waals surface area (Å²) in [5.74, 6) is 0.603. The second kappa shape index (κ2) is 8.90. The Morgan fingerprint density at radius 3 is 2.39 bits per heavy atom. The summed E-state index contributed by atoms with van der Waals surface area (Å²) >= 11 is 6.38. The molecule has 0 spiro atoms. The van der Waals surface area contributed by atoms with Crippen molar-refractivity contribution < 1.29 is 19.1 Å². The van der Waals surface area contributed by atoms with Gasteiger partial charge in [0.1, 0.15) is 11.5 Å². The van der Waals surface area contributed by atoms with Gasteiger partial charge in [-0.1, -0.05) is 23.9 Å². The van der Waals surface area contributed by atoms with Gasteiger partial charge in [0.2, 0.25) is 0 Å². The van der Waals surface area contributed by atoms with Gasteiger partial charge in [-0.05, 0) is 67.2 Å². The lowest BCUT2D eigenvalue weighted by Gasteiger charge is -2.15. The predicted molar refractivity (Wildman–Crippen MR) is 113 cm³/mol. The Morgan fingerprint density at radius 2 is 1.79 bits per heavy atom. The van der Waals surface area contributed by atoms with Crippen LogP contribution in [0.15, 0.2) is 53.4 Å². The minimum Gasteiger partial charge on any atom is -0.497 e. The Morgan fingerprint density at radius 1 is 1.14 bits per heavy atom. The molecule has 0 unspecified atom stereocenters. The second-order valence-electron chi connectivity index (χ2n) is 5.69. The van der Waals surface area contributed by atoms with Gasteiger partial charge in [-0.25, -0.2) is 0 Å². The van der Waals surface area contributed by atoms with Crippen LogP contribution in [0.5, 0.6) is 11.5 Å². The molecular formula is C20H18N2O4S2. The van der Waals surface area contributed by atoms with E-state index in [1.807, 2.05) is 31.2 Å². The number of amides is 2. The monoisotopic (exact) mass is 414 g/mol. The summed E-state index contributed by atoms with van der Waals surface area (Å²) in [6, 6.07) is 13.9. The maximum absolute atomic E-state index is 12.6. The number of nitrogens with one attached hydrogen (secondary N) is 1. The zero-order valence-electron chi connectivity index (χ0n) is 15.3. The Kier molecular flexibility index (Phi) is 6.33. The number of hydrogen-bond donors (Lipinski definition) is 1. The summed E-state index contributed by atoms with van der Waals surface area (Å²) in [5, 5.41) is 1.09. The maximum atomic E-state index is 12.6. The minimum absolute atomic E-state index is 0.268. The standard InChI is InChI=1S/C20H18N2O4S2/c1-3-26-16-8-4-13(5-9-16)12-17-19(24)22(20(27)28-17)21-18(23)14-6-10-15(25-2)11-7-14/h4-12H,3H2,1-2H3,(H,21,23). The molecule has 0 aromatic heterocycles. The summed E-state index contributed by atoms with van der Waals surface area (Å²) in [6.45, 7) is 2.51. The number of hydrazine groups is 1. The summed E-state index contributed by atoms with van der Waals surface area (Å²) in [6.07, 6.45) is 1.73. The molecule has 1 heterocycles. The second-order valence-corrected chi connectivity index (χ2v) is 7.36. The highest BCUT2D eigenvalue weighted by Gasteiger charge is 2.33. The fourth-order valence-electron chi connectivity index (χ4n) is 2.45. The van der Waals surface area contributed by atoms with Gasteiger partial charge in [-0.2, -0.15) is 5.01 Å². The Hall–Kier alpha value is -2.84. The average Bonchev–Trinajstić information content (AvgIpc) is 2.97. The van der Waals surface area contributed by atoms with E-state index < -0.39 is 5.91 Å². The first-order valence-electron chi connectivity index (χ1n) is 8.47. The van der Waals surface area contributed by atoms with Crippen molar-refractivity contribution in [3.63, 3.8) is 0 Å². The third kappa shape index (κ3) is 4.52. The van der Waals surface area contributed by atoms with Crippen LogP contribution in [0, 0.1) is 0 Å². The SMILES string of the molecule is CCOc1ccc(C=C2SC(=S)N(NC(=O)c3ccc(OC)cc3)C2=O)cc1. The van der Waals surface area contributed by atoms with Crippen LogP contribution in [0.1, 0.15) is 22.8 Å². The summed E-state index contributed by atoms with van der Waals surface area (Å²) in [5.41, 5.74) is 3.79. The molecule has 1 saturated heterocycles. The number of benzene rings is 2. The zero-order chi connectivity index (χ0) is 20.1. The molecule has 3 rings (SSSR count). The van der Waals surface area contributed by atoms with Crippen LogP contribution >= 0.6 is 24.0 Å². The largest absolute Gasteiger partial charge is 0.497 e. The summed E-state index contributed by atoms with van der Waals surface area (Å²) in [7, 11) is 1.55. The number of hydrogen-bond acceptors (Lipinski definition) is 6. The van der Waals surface area contributed by atoms with Gasteiger partial charge in [0.25, 0.3) is 11.8 Å². The molecule has 0 atom stereocenters. The molecule has 2 aromatic rings. The molecule has 1 fully saturated rings. The van der Waals surface area contributed by atoms with Gasteiger partial charge in [0, 0.05) is 5.56 Å². The van der Waals surface area contributed by atoms with Crippen LogP contribution < -0.4 is 14.9 Å². The van der Waals surface area contributed by atoms with Gasteiger partial charge in [0.05, 0.1) is 18.6 Å². The van der Waals surface area contributed by atoms with E-state index in [1.54, 1.807) is 37.5 Å². The van der Waals surface area contributed by atoms with Gasteiger partial charge in [-0.3, -0.25) is 15.0 Å². The molecule has 28 heavy (non-hydrogen) atoms. The molecule has 144 valence electrons. The van der Waals surface area contributed by atoms with E-state index in [0.29, 0.717) is 22.8 Å². The highest BCUT2D eigenvalue weighted by molar-refractivity contribution is 8.26. The number of rotatable bonds is 6. The smallest absolute Gasteiger partial charge is 0.285 e. The molecule has 1 aliphatic heterocycles. The number of nitrogens with zero attached hydrogens (tertiary/aromatic N) is 1. The van der Waals surface area contributed by atoms with Crippen molar-refractivity contribution in [1.82, 2.24) is 10.4 Å². The van der Waals surface area contributed by atoms with Crippen molar-refractivity contribution in [3.8, 4) is 11.5 Å². The lowest BCUT2D eigenvalue weighted by atomic mass is 10.2. The van der Waals surface area contributed by atoms with E-state index in [1.165, 1.54) is 0 Å².